The minimum Gasteiger partial charge on any atom is -0.336 e. The Balaban J connectivity index is 1.30. The number of hydrogen-bond donors (Lipinski definition) is 6. The molecule has 36 heavy (non-hydrogen) atoms. The number of amides is 5. The van der Waals surface area contributed by atoms with Crippen molar-refractivity contribution in [3.63, 3.8) is 0 Å². The Hall–Kier alpha value is -2.81. The van der Waals surface area contributed by atoms with Crippen LogP contribution in [0.25, 0.3) is 0 Å². The third kappa shape index (κ3) is 7.59. The maximum absolute atomic E-state index is 12.1. The molecule has 0 aromatic carbocycles. The first-order valence-electron chi connectivity index (χ1n) is 12.2. The molecule has 202 valence electrons. The predicted molar refractivity (Wildman–Crippen MR) is 120 cm³/mol. The van der Waals surface area contributed by atoms with Crippen molar-refractivity contribution in [1.29, 1.82) is 0 Å². The third-order valence-corrected chi connectivity index (χ3v) is 7.34. The molecule has 14 heteroatoms. The number of nitrogens with zero attached hydrogens (tertiary/aromatic N) is 3. The van der Waals surface area contributed by atoms with E-state index < -0.39 is 55.7 Å². The number of carbonyl (C=O) groups excluding carboxylic acids is 5. The van der Waals surface area contributed by atoms with Crippen LogP contribution >= 0.6 is 0 Å². The third-order valence-electron chi connectivity index (χ3n) is 7.34. The molecule has 0 saturated heterocycles. The van der Waals surface area contributed by atoms with Crippen LogP contribution in [0.4, 0.5) is 0 Å². The summed E-state index contributed by atoms with van der Waals surface area (Å²) in [5, 5.41) is 37.0. The molecule has 4 fully saturated rings. The van der Waals surface area contributed by atoms with Gasteiger partial charge in [0.2, 0.25) is 17.7 Å². The molecule has 4 aliphatic carbocycles. The van der Waals surface area contributed by atoms with E-state index in [4.69, 9.17) is 5.21 Å². The number of hydrogen-bond acceptors (Lipinski definition) is 9. The van der Waals surface area contributed by atoms with Gasteiger partial charge in [0.05, 0.1) is 6.67 Å². The van der Waals surface area contributed by atoms with Gasteiger partial charge in [-0.05, 0) is 61.7 Å². The Kier molecular flexibility index (Phi) is 9.22. The molecule has 0 aliphatic heterocycles. The molecule has 0 radical (unpaired) electrons. The Morgan fingerprint density at radius 3 is 1.58 bits per heavy atom. The number of nitrogens with one attached hydrogen (secondary N) is 3. The summed E-state index contributed by atoms with van der Waals surface area (Å²) in [4.78, 5) is 58.4. The van der Waals surface area contributed by atoms with E-state index in [1.54, 1.807) is 0 Å². The summed E-state index contributed by atoms with van der Waals surface area (Å²) >= 11 is 0. The molecule has 4 aliphatic rings. The van der Waals surface area contributed by atoms with Gasteiger partial charge in [-0.2, -0.15) is 0 Å². The van der Waals surface area contributed by atoms with Gasteiger partial charge < -0.3 is 10.6 Å². The Morgan fingerprint density at radius 2 is 1.14 bits per heavy atom. The fourth-order valence-corrected chi connectivity index (χ4v) is 6.13. The van der Waals surface area contributed by atoms with Gasteiger partial charge in [0.15, 0.2) is 0 Å². The van der Waals surface area contributed by atoms with E-state index in [9.17, 15) is 34.4 Å². The quantitative estimate of drug-likeness (QED) is 0.0853. The van der Waals surface area contributed by atoms with E-state index >= 15 is 0 Å². The van der Waals surface area contributed by atoms with Crippen LogP contribution in [0, 0.1) is 23.2 Å². The Morgan fingerprint density at radius 1 is 0.722 bits per heavy atom. The number of carbonyl (C=O) groups is 5. The highest BCUT2D eigenvalue weighted by Gasteiger charge is 2.50. The lowest BCUT2D eigenvalue weighted by atomic mass is 9.49. The molecule has 6 N–H and O–H groups in total. The van der Waals surface area contributed by atoms with E-state index in [1.807, 2.05) is 0 Å². The van der Waals surface area contributed by atoms with E-state index in [0.717, 1.165) is 24.7 Å². The van der Waals surface area contributed by atoms with Crippen LogP contribution in [0.3, 0.4) is 0 Å². The molecule has 0 aromatic heterocycles. The summed E-state index contributed by atoms with van der Waals surface area (Å²) in [7, 11) is 0. The normalized spacial score (nSPS) is 25.7. The van der Waals surface area contributed by atoms with E-state index in [0.29, 0.717) is 11.6 Å². The van der Waals surface area contributed by atoms with Crippen LogP contribution in [0.2, 0.25) is 0 Å². The second-order valence-corrected chi connectivity index (χ2v) is 10.4. The largest absolute Gasteiger partial charge is 0.336 e. The van der Waals surface area contributed by atoms with Crippen LogP contribution in [-0.2, 0) is 24.0 Å². The lowest BCUT2D eigenvalue weighted by Gasteiger charge is -2.57. The van der Waals surface area contributed by atoms with E-state index in [2.05, 4.69) is 16.0 Å². The standard InChI is InChI=1S/C22H36N6O8/c1-14(29)26(34)12-24-18(30)6-21(33)28(36)13-25-19(31)5-20(32)27(35)11-23-10-22-7-15-2-16(8-22)4-17(3-15)9-22/h15-17,23,34-36H,2-13H2,1H3,(H,24,30)(H,25,31). The van der Waals surface area contributed by atoms with Crippen LogP contribution in [0.15, 0.2) is 0 Å². The van der Waals surface area contributed by atoms with Crippen LogP contribution in [0.1, 0.15) is 58.3 Å². The van der Waals surface area contributed by atoms with Crippen molar-refractivity contribution in [2.75, 3.05) is 26.6 Å². The molecule has 0 atom stereocenters. The van der Waals surface area contributed by atoms with Gasteiger partial charge in [0, 0.05) is 13.5 Å². The summed E-state index contributed by atoms with van der Waals surface area (Å²) in [6.07, 6.45) is 6.02. The lowest BCUT2D eigenvalue weighted by Crippen LogP contribution is -2.51. The van der Waals surface area contributed by atoms with Gasteiger partial charge in [0.1, 0.15) is 26.2 Å². The Bertz CT molecular complexity index is 832. The molecule has 5 amide bonds. The zero-order valence-electron chi connectivity index (χ0n) is 20.4. The Labute approximate surface area is 208 Å². The van der Waals surface area contributed by atoms with Crippen molar-refractivity contribution < 1.29 is 39.6 Å². The highest BCUT2D eigenvalue weighted by Crippen LogP contribution is 2.59. The van der Waals surface area contributed by atoms with Gasteiger partial charge in [-0.3, -0.25) is 44.9 Å². The molecule has 0 heterocycles. The van der Waals surface area contributed by atoms with Gasteiger partial charge in [-0.1, -0.05) is 0 Å². The second-order valence-electron chi connectivity index (χ2n) is 10.4. The highest BCUT2D eigenvalue weighted by atomic mass is 16.5. The summed E-state index contributed by atoms with van der Waals surface area (Å²) in [6.45, 7) is 0.445. The highest BCUT2D eigenvalue weighted by molar-refractivity contribution is 5.97. The summed E-state index contributed by atoms with van der Waals surface area (Å²) < 4.78 is 0. The number of hydroxylamine groups is 6. The summed E-state index contributed by atoms with van der Waals surface area (Å²) in [5.74, 6) is -1.98. The summed E-state index contributed by atoms with van der Waals surface area (Å²) in [5.41, 5.74) is 0.231. The molecule has 4 rings (SSSR count). The van der Waals surface area contributed by atoms with Crippen molar-refractivity contribution >= 4 is 29.5 Å². The smallest absolute Gasteiger partial charge is 0.257 e. The monoisotopic (exact) mass is 512 g/mol. The first-order valence-corrected chi connectivity index (χ1v) is 12.2. The molecule has 4 saturated carbocycles. The zero-order valence-corrected chi connectivity index (χ0v) is 20.4. The van der Waals surface area contributed by atoms with Crippen molar-refractivity contribution in [3.8, 4) is 0 Å². The first kappa shape index (κ1) is 27.8. The summed E-state index contributed by atoms with van der Waals surface area (Å²) in [6, 6.07) is 0. The first-order chi connectivity index (χ1) is 17.0. The number of rotatable bonds is 12. The van der Waals surface area contributed by atoms with E-state index in [1.165, 1.54) is 38.5 Å². The topological polar surface area (TPSA) is 192 Å². The van der Waals surface area contributed by atoms with Crippen molar-refractivity contribution in [2.45, 2.75) is 58.3 Å². The van der Waals surface area contributed by atoms with Crippen LogP contribution < -0.4 is 16.0 Å². The fourth-order valence-electron chi connectivity index (χ4n) is 6.13. The fraction of sp³-hybridized carbons (Fsp3) is 0.773. The van der Waals surface area contributed by atoms with Gasteiger partial charge in [0.25, 0.3) is 11.8 Å². The molecule has 4 bridgehead atoms. The van der Waals surface area contributed by atoms with Crippen LogP contribution in [0.5, 0.6) is 0 Å². The predicted octanol–water partition coefficient (Wildman–Crippen LogP) is -0.649. The molecule has 14 nitrogen and oxygen atoms in total. The molecule has 0 spiro atoms. The van der Waals surface area contributed by atoms with Crippen molar-refractivity contribution in [2.24, 2.45) is 23.2 Å². The van der Waals surface area contributed by atoms with Gasteiger partial charge >= 0.3 is 0 Å². The van der Waals surface area contributed by atoms with E-state index in [-0.39, 0.29) is 22.2 Å². The lowest BCUT2D eigenvalue weighted by molar-refractivity contribution is -0.171. The van der Waals surface area contributed by atoms with Crippen molar-refractivity contribution in [1.82, 2.24) is 31.1 Å². The zero-order chi connectivity index (χ0) is 26.5. The van der Waals surface area contributed by atoms with Gasteiger partial charge in [-0.15, -0.1) is 0 Å². The minimum absolute atomic E-state index is 0.0768. The molecular formula is C22H36N6O8. The van der Waals surface area contributed by atoms with Gasteiger partial charge in [-0.25, -0.2) is 15.2 Å². The SMILES string of the molecule is CC(=O)N(O)CNC(=O)CC(=O)N(O)CNC(=O)CC(=O)N(O)CNCC12CC3CC(CC(C3)C1)C2. The van der Waals surface area contributed by atoms with Crippen molar-refractivity contribution in [3.05, 3.63) is 0 Å². The average Bonchev–Trinajstić information content (AvgIpc) is 2.79. The maximum Gasteiger partial charge on any atom is 0.257 e. The average molecular weight is 513 g/mol. The van der Waals surface area contributed by atoms with Crippen LogP contribution in [-0.4, -0.2) is 86.9 Å². The molecular weight excluding hydrogens is 476 g/mol. The molecule has 0 aromatic rings. The maximum atomic E-state index is 12.1. The molecule has 0 unspecified atom stereocenters. The second kappa shape index (κ2) is 12.0. The minimum atomic E-state index is -1.07.